The first-order valence-electron chi connectivity index (χ1n) is 22.0. The zero-order valence-electron chi connectivity index (χ0n) is 35.1. The van der Waals surface area contributed by atoms with Crippen molar-refractivity contribution in [2.75, 3.05) is 4.90 Å². The average molecular weight is 815 g/mol. The molecule has 0 fully saturated rings. The Balaban J connectivity index is 0.982. The molecule has 0 bridgehead atoms. The fourth-order valence-electron chi connectivity index (χ4n) is 9.83. The third-order valence-corrected chi connectivity index (χ3v) is 12.8. The highest BCUT2D eigenvalue weighted by Gasteiger charge is 2.19. The summed E-state index contributed by atoms with van der Waals surface area (Å²) in [7, 11) is 0. The summed E-state index contributed by atoms with van der Waals surface area (Å²) >= 11 is 0. The SMILES string of the molecule is c1ccc(-c2ccccc2-c2ccc(N(c3ccc(-c4ccccc4-n4c5ccccc5c5c6ccccc6ccc54)cc3)c3cccc(-c4cccc5ccccc45)c3)cc2)cc1. The Kier molecular flexibility index (Phi) is 9.20. The van der Waals surface area contributed by atoms with E-state index >= 15 is 0 Å². The van der Waals surface area contributed by atoms with E-state index in [1.807, 2.05) is 0 Å². The van der Waals surface area contributed by atoms with Crippen molar-refractivity contribution in [3.05, 3.63) is 255 Å². The molecule has 0 saturated heterocycles. The van der Waals surface area contributed by atoms with Gasteiger partial charge in [-0.1, -0.05) is 200 Å². The zero-order valence-corrected chi connectivity index (χ0v) is 35.1. The number of aromatic nitrogens is 1. The normalized spacial score (nSPS) is 11.4. The molecule has 0 aliphatic rings. The third-order valence-electron chi connectivity index (χ3n) is 12.8. The van der Waals surface area contributed by atoms with Crippen molar-refractivity contribution in [2.24, 2.45) is 0 Å². The zero-order chi connectivity index (χ0) is 42.4. The Hall–Kier alpha value is -8.46. The van der Waals surface area contributed by atoms with Crippen LogP contribution < -0.4 is 4.90 Å². The van der Waals surface area contributed by atoms with Gasteiger partial charge in [0.2, 0.25) is 0 Å². The van der Waals surface area contributed by atoms with Crippen LogP contribution in [0.2, 0.25) is 0 Å². The highest BCUT2D eigenvalue weighted by molar-refractivity contribution is 6.21. The van der Waals surface area contributed by atoms with Crippen molar-refractivity contribution in [3.8, 4) is 50.2 Å². The molecule has 12 rings (SSSR count). The predicted molar refractivity (Wildman–Crippen MR) is 272 cm³/mol. The molecule has 0 amide bonds. The van der Waals surface area contributed by atoms with Gasteiger partial charge in [0.15, 0.2) is 0 Å². The lowest BCUT2D eigenvalue weighted by molar-refractivity contribution is 1.18. The van der Waals surface area contributed by atoms with E-state index in [2.05, 4.69) is 264 Å². The summed E-state index contributed by atoms with van der Waals surface area (Å²) in [4.78, 5) is 2.38. The molecule has 0 radical (unpaired) electrons. The van der Waals surface area contributed by atoms with Crippen molar-refractivity contribution in [1.29, 1.82) is 0 Å². The van der Waals surface area contributed by atoms with Crippen LogP contribution in [0.25, 0.3) is 93.5 Å². The second kappa shape index (κ2) is 15.8. The van der Waals surface area contributed by atoms with Crippen LogP contribution in [0.4, 0.5) is 17.1 Å². The molecule has 0 aliphatic carbocycles. The molecule has 0 aliphatic heterocycles. The summed E-state index contributed by atoms with van der Waals surface area (Å²) in [6.45, 7) is 0. The lowest BCUT2D eigenvalue weighted by atomic mass is 9.94. The largest absolute Gasteiger partial charge is 0.310 e. The highest BCUT2D eigenvalue weighted by atomic mass is 15.1. The Morgan fingerprint density at radius 3 is 1.50 bits per heavy atom. The summed E-state index contributed by atoms with van der Waals surface area (Å²) in [6.07, 6.45) is 0. The Morgan fingerprint density at radius 2 is 0.766 bits per heavy atom. The number of benzene rings is 11. The van der Waals surface area contributed by atoms with Gasteiger partial charge in [-0.05, 0) is 115 Å². The Labute approximate surface area is 373 Å². The van der Waals surface area contributed by atoms with Gasteiger partial charge in [0, 0.05) is 33.4 Å². The fraction of sp³-hybridized carbons (Fsp3) is 0. The van der Waals surface area contributed by atoms with Crippen LogP contribution in [0.15, 0.2) is 255 Å². The molecule has 0 N–H and O–H groups in total. The summed E-state index contributed by atoms with van der Waals surface area (Å²) in [6, 6.07) is 92.6. The van der Waals surface area contributed by atoms with Crippen LogP contribution >= 0.6 is 0 Å². The number of hydrogen-bond donors (Lipinski definition) is 0. The van der Waals surface area contributed by atoms with Crippen molar-refractivity contribution in [1.82, 2.24) is 4.57 Å². The second-order valence-electron chi connectivity index (χ2n) is 16.5. The maximum Gasteiger partial charge on any atom is 0.0547 e. The van der Waals surface area contributed by atoms with Gasteiger partial charge in [-0.15, -0.1) is 0 Å². The monoisotopic (exact) mass is 814 g/mol. The average Bonchev–Trinajstić information content (AvgIpc) is 3.72. The maximum atomic E-state index is 2.45. The number of hydrogen-bond acceptors (Lipinski definition) is 1. The molecule has 11 aromatic carbocycles. The first-order chi connectivity index (χ1) is 31.8. The van der Waals surface area contributed by atoms with E-state index in [1.165, 1.54) is 82.3 Å². The van der Waals surface area contributed by atoms with Gasteiger partial charge in [-0.25, -0.2) is 0 Å². The molecule has 64 heavy (non-hydrogen) atoms. The van der Waals surface area contributed by atoms with Gasteiger partial charge < -0.3 is 9.47 Å². The van der Waals surface area contributed by atoms with Crippen LogP contribution in [0, 0.1) is 0 Å². The van der Waals surface area contributed by atoms with Gasteiger partial charge in [0.1, 0.15) is 0 Å². The number of rotatable bonds is 8. The minimum absolute atomic E-state index is 1.08. The number of fused-ring (bicyclic) bond motifs is 6. The molecule has 0 spiro atoms. The Morgan fingerprint density at radius 1 is 0.266 bits per heavy atom. The fourth-order valence-corrected chi connectivity index (χ4v) is 9.83. The van der Waals surface area contributed by atoms with Crippen LogP contribution in [-0.4, -0.2) is 4.57 Å². The minimum Gasteiger partial charge on any atom is -0.310 e. The van der Waals surface area contributed by atoms with E-state index in [4.69, 9.17) is 0 Å². The van der Waals surface area contributed by atoms with Crippen LogP contribution in [0.1, 0.15) is 0 Å². The first-order valence-corrected chi connectivity index (χ1v) is 22.0. The van der Waals surface area contributed by atoms with Gasteiger partial charge in [-0.3, -0.25) is 0 Å². The van der Waals surface area contributed by atoms with E-state index < -0.39 is 0 Å². The topological polar surface area (TPSA) is 8.17 Å². The standard InChI is InChI=1S/C62H42N2/c1-2-16-43(17-3-1)52-24-8-9-25-54(52)46-32-37-49(38-33-46)63(51-22-14-21-48(42-51)55-29-15-20-44-18-4-6-23-53(44)55)50-39-34-47(35-40-50)56-26-10-12-30-59(56)64-60-31-13-11-28-58(60)62-57-27-7-5-19-45(57)36-41-61(62)64/h1-42H. The van der Waals surface area contributed by atoms with Crippen molar-refractivity contribution in [3.63, 3.8) is 0 Å². The van der Waals surface area contributed by atoms with E-state index in [0.717, 1.165) is 28.3 Å². The van der Waals surface area contributed by atoms with Gasteiger partial charge in [0.05, 0.1) is 16.7 Å². The van der Waals surface area contributed by atoms with Gasteiger partial charge >= 0.3 is 0 Å². The smallest absolute Gasteiger partial charge is 0.0547 e. The van der Waals surface area contributed by atoms with E-state index in [9.17, 15) is 0 Å². The van der Waals surface area contributed by atoms with Crippen molar-refractivity contribution >= 4 is 60.4 Å². The molecular weight excluding hydrogens is 773 g/mol. The summed E-state index contributed by atoms with van der Waals surface area (Å²) < 4.78 is 2.45. The quantitative estimate of drug-likeness (QED) is 0.148. The van der Waals surface area contributed by atoms with E-state index in [-0.39, 0.29) is 0 Å². The summed E-state index contributed by atoms with van der Waals surface area (Å²) in [5.41, 5.74) is 16.4. The predicted octanol–water partition coefficient (Wildman–Crippen LogP) is 17.2. The second-order valence-corrected chi connectivity index (χ2v) is 16.5. The summed E-state index contributed by atoms with van der Waals surface area (Å²) in [5, 5.41) is 7.55. The Bertz CT molecular complexity index is 3650. The lowest BCUT2D eigenvalue weighted by Gasteiger charge is -2.27. The summed E-state index contributed by atoms with van der Waals surface area (Å²) in [5.74, 6) is 0. The molecule has 0 saturated carbocycles. The van der Waals surface area contributed by atoms with Crippen LogP contribution in [0.5, 0.6) is 0 Å². The lowest BCUT2D eigenvalue weighted by Crippen LogP contribution is -2.10. The number of nitrogens with zero attached hydrogens (tertiary/aromatic N) is 2. The molecule has 0 unspecified atom stereocenters. The van der Waals surface area contributed by atoms with Crippen molar-refractivity contribution in [2.45, 2.75) is 0 Å². The van der Waals surface area contributed by atoms with Crippen molar-refractivity contribution < 1.29 is 0 Å². The highest BCUT2D eigenvalue weighted by Crippen LogP contribution is 2.43. The molecule has 1 aromatic heterocycles. The molecule has 2 heteroatoms. The van der Waals surface area contributed by atoms with E-state index in [0.29, 0.717) is 0 Å². The minimum atomic E-state index is 1.08. The molecule has 2 nitrogen and oxygen atoms in total. The number of anilines is 3. The third kappa shape index (κ3) is 6.44. The molecule has 12 aromatic rings. The molecular formula is C62H42N2. The first kappa shape index (κ1) is 37.3. The van der Waals surface area contributed by atoms with Gasteiger partial charge in [0.25, 0.3) is 0 Å². The molecule has 1 heterocycles. The molecule has 0 atom stereocenters. The van der Waals surface area contributed by atoms with E-state index in [1.54, 1.807) is 0 Å². The maximum absolute atomic E-state index is 2.45. The number of para-hydroxylation sites is 2. The van der Waals surface area contributed by atoms with Gasteiger partial charge in [-0.2, -0.15) is 0 Å². The van der Waals surface area contributed by atoms with Crippen LogP contribution in [0.3, 0.4) is 0 Å². The van der Waals surface area contributed by atoms with Crippen LogP contribution in [-0.2, 0) is 0 Å². The molecule has 300 valence electrons.